The SMILES string of the molecule is Cn1ncc(Cl)c1C(=O)Nc1cc([N+](=O)[O-])ccc1Cl. The highest BCUT2D eigenvalue weighted by Crippen LogP contribution is 2.27. The van der Waals surface area contributed by atoms with Gasteiger partial charge >= 0.3 is 0 Å². The molecule has 104 valence electrons. The maximum absolute atomic E-state index is 12.1. The van der Waals surface area contributed by atoms with Gasteiger partial charge in [0.1, 0.15) is 5.69 Å². The molecule has 20 heavy (non-hydrogen) atoms. The Morgan fingerprint density at radius 2 is 2.10 bits per heavy atom. The van der Waals surface area contributed by atoms with E-state index in [1.165, 1.54) is 29.1 Å². The average molecular weight is 315 g/mol. The zero-order valence-electron chi connectivity index (χ0n) is 10.1. The number of hydrogen-bond acceptors (Lipinski definition) is 4. The van der Waals surface area contributed by atoms with E-state index < -0.39 is 10.8 Å². The minimum atomic E-state index is -0.580. The number of amides is 1. The van der Waals surface area contributed by atoms with Gasteiger partial charge in [-0.2, -0.15) is 5.10 Å². The second-order valence-electron chi connectivity index (χ2n) is 3.84. The molecule has 0 aliphatic heterocycles. The smallest absolute Gasteiger partial charge is 0.275 e. The molecule has 1 amide bonds. The van der Waals surface area contributed by atoms with Gasteiger partial charge in [0.25, 0.3) is 11.6 Å². The van der Waals surface area contributed by atoms with Crippen molar-refractivity contribution in [1.29, 1.82) is 0 Å². The van der Waals surface area contributed by atoms with Crippen molar-refractivity contribution in [3.63, 3.8) is 0 Å². The molecule has 0 bridgehead atoms. The number of carbonyl (C=O) groups is 1. The molecule has 0 radical (unpaired) electrons. The quantitative estimate of drug-likeness (QED) is 0.696. The number of halogens is 2. The first-order chi connectivity index (χ1) is 9.40. The number of nitrogens with zero attached hydrogens (tertiary/aromatic N) is 3. The molecule has 9 heteroatoms. The summed E-state index contributed by atoms with van der Waals surface area (Å²) < 4.78 is 1.29. The molecule has 0 unspecified atom stereocenters. The Balaban J connectivity index is 2.33. The summed E-state index contributed by atoms with van der Waals surface area (Å²) >= 11 is 11.7. The fourth-order valence-electron chi connectivity index (χ4n) is 1.57. The van der Waals surface area contributed by atoms with E-state index in [9.17, 15) is 14.9 Å². The van der Waals surface area contributed by atoms with Crippen LogP contribution in [0.25, 0.3) is 0 Å². The largest absolute Gasteiger partial charge is 0.319 e. The van der Waals surface area contributed by atoms with Crippen molar-refractivity contribution in [2.24, 2.45) is 7.05 Å². The molecule has 0 atom stereocenters. The predicted octanol–water partition coefficient (Wildman–Crippen LogP) is 2.89. The maximum Gasteiger partial charge on any atom is 0.275 e. The summed E-state index contributed by atoms with van der Waals surface area (Å²) in [6.07, 6.45) is 1.32. The van der Waals surface area contributed by atoms with Crippen LogP contribution in [-0.2, 0) is 7.05 Å². The zero-order valence-corrected chi connectivity index (χ0v) is 11.6. The highest BCUT2D eigenvalue weighted by atomic mass is 35.5. The molecule has 2 aromatic rings. The van der Waals surface area contributed by atoms with Gasteiger partial charge in [-0.3, -0.25) is 19.6 Å². The van der Waals surface area contributed by atoms with Gasteiger partial charge in [-0.15, -0.1) is 0 Å². The molecule has 0 saturated heterocycles. The summed E-state index contributed by atoms with van der Waals surface area (Å²) in [4.78, 5) is 22.2. The summed E-state index contributed by atoms with van der Waals surface area (Å²) in [5, 5.41) is 17.4. The number of hydrogen-bond donors (Lipinski definition) is 1. The molecule has 0 aliphatic rings. The minimum absolute atomic E-state index is 0.128. The normalized spacial score (nSPS) is 10.3. The van der Waals surface area contributed by atoms with E-state index in [0.29, 0.717) is 0 Å². The third kappa shape index (κ3) is 2.73. The van der Waals surface area contributed by atoms with Crippen LogP contribution in [0, 0.1) is 10.1 Å². The Kier molecular flexibility index (Phi) is 3.91. The van der Waals surface area contributed by atoms with Crippen molar-refractivity contribution in [2.75, 3.05) is 5.32 Å². The monoisotopic (exact) mass is 314 g/mol. The number of aryl methyl sites for hydroxylation is 1. The first kappa shape index (κ1) is 14.3. The molecule has 0 fully saturated rings. The molecule has 0 saturated carbocycles. The zero-order chi connectivity index (χ0) is 14.9. The van der Waals surface area contributed by atoms with Gasteiger partial charge in [0.05, 0.1) is 26.9 Å². The van der Waals surface area contributed by atoms with Crippen LogP contribution in [0.4, 0.5) is 11.4 Å². The predicted molar refractivity (Wildman–Crippen MR) is 74.3 cm³/mol. The van der Waals surface area contributed by atoms with Crippen LogP contribution < -0.4 is 5.32 Å². The van der Waals surface area contributed by atoms with E-state index in [0.717, 1.165) is 0 Å². The maximum atomic E-state index is 12.1. The minimum Gasteiger partial charge on any atom is -0.319 e. The van der Waals surface area contributed by atoms with E-state index >= 15 is 0 Å². The highest BCUT2D eigenvalue weighted by Gasteiger charge is 2.18. The van der Waals surface area contributed by atoms with E-state index in [1.54, 1.807) is 7.05 Å². The van der Waals surface area contributed by atoms with Crippen LogP contribution in [0.2, 0.25) is 10.0 Å². The van der Waals surface area contributed by atoms with Crippen LogP contribution in [0.15, 0.2) is 24.4 Å². The van der Waals surface area contributed by atoms with Gasteiger partial charge in [0.15, 0.2) is 0 Å². The summed E-state index contributed by atoms with van der Waals surface area (Å²) in [7, 11) is 1.55. The van der Waals surface area contributed by atoms with Gasteiger partial charge < -0.3 is 5.32 Å². The lowest BCUT2D eigenvalue weighted by Gasteiger charge is -2.07. The number of nitrogens with one attached hydrogen (secondary N) is 1. The highest BCUT2D eigenvalue weighted by molar-refractivity contribution is 6.35. The fraction of sp³-hybridized carbons (Fsp3) is 0.0909. The van der Waals surface area contributed by atoms with Crippen LogP contribution in [0.1, 0.15) is 10.5 Å². The van der Waals surface area contributed by atoms with Crippen LogP contribution in [-0.4, -0.2) is 20.6 Å². The fourth-order valence-corrected chi connectivity index (χ4v) is 1.99. The third-order valence-electron chi connectivity index (χ3n) is 2.52. The lowest BCUT2D eigenvalue weighted by molar-refractivity contribution is -0.384. The van der Waals surface area contributed by atoms with Gasteiger partial charge in [-0.05, 0) is 6.07 Å². The Bertz CT molecular complexity index is 679. The molecule has 0 aliphatic carbocycles. The number of nitro benzene ring substituents is 1. The van der Waals surface area contributed by atoms with Gasteiger partial charge in [0.2, 0.25) is 0 Å². The lowest BCUT2D eigenvalue weighted by Crippen LogP contribution is -2.17. The number of aromatic nitrogens is 2. The van der Waals surface area contributed by atoms with Crippen molar-refractivity contribution < 1.29 is 9.72 Å². The Hall–Kier alpha value is -2.12. The molecule has 2 rings (SSSR count). The Labute approximate surface area is 123 Å². The molecule has 1 heterocycles. The van der Waals surface area contributed by atoms with Crippen molar-refractivity contribution in [1.82, 2.24) is 9.78 Å². The van der Waals surface area contributed by atoms with Gasteiger partial charge in [0, 0.05) is 19.2 Å². The standard InChI is InChI=1S/C11H8Cl2N4O3/c1-16-10(8(13)5-14-16)11(18)15-9-4-6(17(19)20)2-3-7(9)12/h2-5H,1H3,(H,15,18). The summed E-state index contributed by atoms with van der Waals surface area (Å²) in [6, 6.07) is 3.75. The van der Waals surface area contributed by atoms with Crippen LogP contribution >= 0.6 is 23.2 Å². The van der Waals surface area contributed by atoms with E-state index in [2.05, 4.69) is 10.4 Å². The van der Waals surface area contributed by atoms with Crippen LogP contribution in [0.5, 0.6) is 0 Å². The van der Waals surface area contributed by atoms with E-state index in [-0.39, 0.29) is 27.1 Å². The second-order valence-corrected chi connectivity index (χ2v) is 4.65. The molecule has 1 aromatic heterocycles. The van der Waals surface area contributed by atoms with E-state index in [1.807, 2.05) is 0 Å². The summed E-state index contributed by atoms with van der Waals surface area (Å²) in [5.41, 5.74) is 0.0816. The Morgan fingerprint density at radius 3 is 2.65 bits per heavy atom. The van der Waals surface area contributed by atoms with Crippen LogP contribution in [0.3, 0.4) is 0 Å². The molecular weight excluding hydrogens is 307 g/mol. The topological polar surface area (TPSA) is 90.1 Å². The third-order valence-corrected chi connectivity index (χ3v) is 3.12. The van der Waals surface area contributed by atoms with E-state index in [4.69, 9.17) is 23.2 Å². The summed E-state index contributed by atoms with van der Waals surface area (Å²) in [6.45, 7) is 0. The molecule has 1 N–H and O–H groups in total. The number of nitro groups is 1. The lowest BCUT2D eigenvalue weighted by atomic mass is 10.2. The van der Waals surface area contributed by atoms with Crippen molar-refractivity contribution in [3.05, 3.63) is 50.2 Å². The molecule has 1 aromatic carbocycles. The summed E-state index contributed by atoms with van der Waals surface area (Å²) in [5.74, 6) is -0.558. The second kappa shape index (κ2) is 5.48. The number of rotatable bonds is 3. The number of anilines is 1. The van der Waals surface area contributed by atoms with Gasteiger partial charge in [-0.1, -0.05) is 23.2 Å². The van der Waals surface area contributed by atoms with Crippen molar-refractivity contribution in [2.45, 2.75) is 0 Å². The first-order valence-corrected chi connectivity index (χ1v) is 6.08. The van der Waals surface area contributed by atoms with Gasteiger partial charge in [-0.25, -0.2) is 0 Å². The molecule has 7 nitrogen and oxygen atoms in total. The van der Waals surface area contributed by atoms with Crippen molar-refractivity contribution >= 4 is 40.5 Å². The Morgan fingerprint density at radius 1 is 1.40 bits per heavy atom. The number of non-ortho nitro benzene ring substituents is 1. The number of benzene rings is 1. The van der Waals surface area contributed by atoms with Crippen molar-refractivity contribution in [3.8, 4) is 0 Å². The molecular formula is C11H8Cl2N4O3. The average Bonchev–Trinajstić information content (AvgIpc) is 2.71. The molecule has 0 spiro atoms. The number of carbonyl (C=O) groups excluding carboxylic acids is 1. The first-order valence-electron chi connectivity index (χ1n) is 5.33.